The van der Waals surface area contributed by atoms with Crippen LogP contribution in [0.15, 0.2) is 0 Å². The van der Waals surface area contributed by atoms with Gasteiger partial charge in [0.1, 0.15) is 6.61 Å². The van der Waals surface area contributed by atoms with Crippen LogP contribution in [0, 0.1) is 0 Å². The number of aliphatic carboxylic acids is 1. The van der Waals surface area contributed by atoms with Crippen LogP contribution in [0.25, 0.3) is 0 Å². The van der Waals surface area contributed by atoms with Gasteiger partial charge in [-0.05, 0) is 6.92 Å². The minimum absolute atomic E-state index is 0.582. The van der Waals surface area contributed by atoms with Crippen molar-refractivity contribution in [3.05, 3.63) is 0 Å². The number of alkyl halides is 3. The molecule has 0 aliphatic carbocycles. The highest BCUT2D eigenvalue weighted by Gasteiger charge is 2.28. The normalized spacial score (nSPS) is 14.6. The van der Waals surface area contributed by atoms with E-state index in [4.69, 9.17) is 5.11 Å². The van der Waals surface area contributed by atoms with Crippen molar-refractivity contribution in [2.75, 3.05) is 19.0 Å². The van der Waals surface area contributed by atoms with E-state index >= 15 is 0 Å². The maximum atomic E-state index is 11.7. The Labute approximate surface area is 96.5 Å². The van der Waals surface area contributed by atoms with Gasteiger partial charge in [-0.25, -0.2) is 8.42 Å². The smallest absolute Gasteiger partial charge is 0.411 e. The lowest BCUT2D eigenvalue weighted by atomic mass is 10.3. The molecule has 0 bridgehead atoms. The lowest BCUT2D eigenvalue weighted by Gasteiger charge is -2.11. The van der Waals surface area contributed by atoms with Crippen LogP contribution in [-0.2, 0) is 19.4 Å². The topological polar surface area (TPSA) is 80.7 Å². The zero-order valence-corrected chi connectivity index (χ0v) is 9.84. The van der Waals surface area contributed by atoms with Gasteiger partial charge < -0.3 is 9.84 Å². The third-order valence-electron chi connectivity index (χ3n) is 1.85. The second-order valence-corrected chi connectivity index (χ2v) is 5.98. The molecule has 0 saturated carbocycles. The molecule has 0 spiro atoms. The van der Waals surface area contributed by atoms with Crippen LogP contribution < -0.4 is 0 Å². The first-order chi connectivity index (χ1) is 7.54. The molecule has 17 heavy (non-hydrogen) atoms. The number of carboxylic acid groups (broad SMARTS) is 1. The highest BCUT2D eigenvalue weighted by Crippen LogP contribution is 2.14. The summed E-state index contributed by atoms with van der Waals surface area (Å²) in [4.78, 5) is 10.3. The molecule has 0 aliphatic heterocycles. The summed E-state index contributed by atoms with van der Waals surface area (Å²) in [7, 11) is -3.75. The number of hydrogen-bond donors (Lipinski definition) is 1. The van der Waals surface area contributed by atoms with Gasteiger partial charge in [-0.1, -0.05) is 0 Å². The number of carbonyl (C=O) groups is 1. The third-order valence-corrected chi connectivity index (χ3v) is 3.98. The van der Waals surface area contributed by atoms with Crippen LogP contribution in [0.1, 0.15) is 13.3 Å². The summed E-state index contributed by atoms with van der Waals surface area (Å²) in [6.07, 6.45) is -5.09. The Bertz CT molecular complexity index is 349. The summed E-state index contributed by atoms with van der Waals surface area (Å²) in [5.41, 5.74) is 0. The maximum Gasteiger partial charge on any atom is 0.411 e. The lowest BCUT2D eigenvalue weighted by molar-refractivity contribution is -0.172. The minimum atomic E-state index is -4.50. The average molecular weight is 278 g/mol. The fourth-order valence-corrected chi connectivity index (χ4v) is 2.09. The number of ether oxygens (including phenoxy) is 1. The monoisotopic (exact) mass is 278 g/mol. The second-order valence-electron chi connectivity index (χ2n) is 3.44. The van der Waals surface area contributed by atoms with Gasteiger partial charge in [-0.3, -0.25) is 4.79 Å². The van der Waals surface area contributed by atoms with Crippen LogP contribution in [-0.4, -0.2) is 49.9 Å². The highest BCUT2D eigenvalue weighted by atomic mass is 32.2. The minimum Gasteiger partial charge on any atom is -0.481 e. The summed E-state index contributed by atoms with van der Waals surface area (Å²) in [6, 6.07) is 0. The summed E-state index contributed by atoms with van der Waals surface area (Å²) in [5, 5.41) is 7.24. The van der Waals surface area contributed by atoms with Gasteiger partial charge in [-0.15, -0.1) is 0 Å². The maximum absolute atomic E-state index is 11.7. The zero-order chi connectivity index (χ0) is 13.7. The molecular weight excluding hydrogens is 265 g/mol. The van der Waals surface area contributed by atoms with Crippen molar-refractivity contribution in [2.24, 2.45) is 0 Å². The molecule has 0 aromatic heterocycles. The third kappa shape index (κ3) is 7.97. The Morgan fingerprint density at radius 3 is 2.35 bits per heavy atom. The van der Waals surface area contributed by atoms with Gasteiger partial charge in [0.15, 0.2) is 9.84 Å². The highest BCUT2D eigenvalue weighted by molar-refractivity contribution is 7.92. The van der Waals surface area contributed by atoms with E-state index in [1.165, 1.54) is 6.92 Å². The van der Waals surface area contributed by atoms with Crippen LogP contribution >= 0.6 is 0 Å². The zero-order valence-electron chi connectivity index (χ0n) is 9.03. The van der Waals surface area contributed by atoms with Crippen LogP contribution in [0.5, 0.6) is 0 Å². The number of halogens is 3. The molecule has 1 atom stereocenters. The number of hydrogen-bond acceptors (Lipinski definition) is 4. The first-order valence-electron chi connectivity index (χ1n) is 4.62. The molecule has 0 amide bonds. The molecule has 0 rings (SSSR count). The van der Waals surface area contributed by atoms with E-state index in [0.717, 1.165) is 0 Å². The summed E-state index contributed by atoms with van der Waals surface area (Å²) < 4.78 is 61.8. The average Bonchev–Trinajstić information content (AvgIpc) is 2.10. The fourth-order valence-electron chi connectivity index (χ4n) is 0.937. The van der Waals surface area contributed by atoms with Crippen LogP contribution in [0.3, 0.4) is 0 Å². The van der Waals surface area contributed by atoms with Gasteiger partial charge in [0.05, 0.1) is 24.0 Å². The van der Waals surface area contributed by atoms with E-state index < -0.39 is 52.6 Å². The molecule has 0 aliphatic rings. The number of carboxylic acids is 1. The van der Waals surface area contributed by atoms with Crippen molar-refractivity contribution < 1.29 is 36.2 Å². The van der Waals surface area contributed by atoms with Crippen LogP contribution in [0.2, 0.25) is 0 Å². The Morgan fingerprint density at radius 1 is 1.41 bits per heavy atom. The molecule has 0 saturated heterocycles. The molecule has 0 heterocycles. The van der Waals surface area contributed by atoms with Gasteiger partial charge in [-0.2, -0.15) is 13.2 Å². The molecule has 0 fully saturated rings. The SMILES string of the molecule is CC(CC(=O)O)S(=O)(=O)CCOCC(F)(F)F. The molecule has 5 nitrogen and oxygen atoms in total. The van der Waals surface area contributed by atoms with Crippen molar-refractivity contribution in [3.8, 4) is 0 Å². The molecule has 1 N–H and O–H groups in total. The van der Waals surface area contributed by atoms with Crippen molar-refractivity contribution in [2.45, 2.75) is 24.8 Å². The predicted octanol–water partition coefficient (Wildman–Crippen LogP) is 0.843. The molecule has 0 aromatic carbocycles. The summed E-state index contributed by atoms with van der Waals surface area (Å²) in [6.45, 7) is -0.936. The Kier molecular flexibility index (Phi) is 5.89. The van der Waals surface area contributed by atoms with E-state index in [-0.39, 0.29) is 0 Å². The summed E-state index contributed by atoms with van der Waals surface area (Å²) >= 11 is 0. The second kappa shape index (κ2) is 6.20. The first-order valence-corrected chi connectivity index (χ1v) is 6.34. The molecule has 9 heteroatoms. The van der Waals surface area contributed by atoms with E-state index in [9.17, 15) is 26.4 Å². The fraction of sp³-hybridized carbons (Fsp3) is 0.875. The predicted molar refractivity (Wildman–Crippen MR) is 52.4 cm³/mol. The Hall–Kier alpha value is -0.830. The van der Waals surface area contributed by atoms with Gasteiger partial charge >= 0.3 is 12.1 Å². The molecule has 1 unspecified atom stereocenters. The Morgan fingerprint density at radius 2 is 1.94 bits per heavy atom. The van der Waals surface area contributed by atoms with Crippen molar-refractivity contribution in [1.29, 1.82) is 0 Å². The molecule has 0 radical (unpaired) electrons. The summed E-state index contributed by atoms with van der Waals surface area (Å²) in [5.74, 6) is -1.91. The lowest BCUT2D eigenvalue weighted by Crippen LogP contribution is -2.27. The molecular formula is C8H13F3O5S. The number of rotatable bonds is 7. The van der Waals surface area contributed by atoms with E-state index in [1.54, 1.807) is 0 Å². The Balaban J connectivity index is 4.06. The van der Waals surface area contributed by atoms with Gasteiger partial charge in [0.2, 0.25) is 0 Å². The van der Waals surface area contributed by atoms with Crippen molar-refractivity contribution in [1.82, 2.24) is 0 Å². The number of sulfone groups is 1. The quantitative estimate of drug-likeness (QED) is 0.698. The molecule has 0 aromatic rings. The molecule has 102 valence electrons. The first kappa shape index (κ1) is 16.2. The van der Waals surface area contributed by atoms with Crippen LogP contribution in [0.4, 0.5) is 13.2 Å². The van der Waals surface area contributed by atoms with Gasteiger partial charge in [0.25, 0.3) is 0 Å². The largest absolute Gasteiger partial charge is 0.481 e. The van der Waals surface area contributed by atoms with Crippen molar-refractivity contribution in [3.63, 3.8) is 0 Å². The standard InChI is InChI=1S/C8H13F3O5S/c1-6(4-7(12)13)17(14,15)3-2-16-5-8(9,10)11/h6H,2-5H2,1H3,(H,12,13). The van der Waals surface area contributed by atoms with E-state index in [2.05, 4.69) is 4.74 Å². The van der Waals surface area contributed by atoms with Crippen molar-refractivity contribution >= 4 is 15.8 Å². The van der Waals surface area contributed by atoms with E-state index in [1.807, 2.05) is 0 Å². The van der Waals surface area contributed by atoms with Gasteiger partial charge in [0, 0.05) is 0 Å². The van der Waals surface area contributed by atoms with E-state index in [0.29, 0.717) is 0 Å².